The third-order valence-corrected chi connectivity index (χ3v) is 11.7. The van der Waals surface area contributed by atoms with E-state index in [2.05, 4.69) is 79.9 Å². The molecule has 0 fully saturated rings. The molecule has 0 saturated carbocycles. The highest BCUT2D eigenvalue weighted by atomic mass is 16.3. The van der Waals surface area contributed by atoms with Crippen LogP contribution in [0.1, 0.15) is 245 Å². The van der Waals surface area contributed by atoms with Gasteiger partial charge in [-0.25, -0.2) is 0 Å². The van der Waals surface area contributed by atoms with Crippen molar-refractivity contribution >= 4 is 5.91 Å². The van der Waals surface area contributed by atoms with Gasteiger partial charge in [0.05, 0.1) is 18.8 Å². The van der Waals surface area contributed by atoms with Crippen LogP contribution in [0.4, 0.5) is 0 Å². The minimum atomic E-state index is -1.30. The first-order valence-corrected chi connectivity index (χ1v) is 25.7. The van der Waals surface area contributed by atoms with Gasteiger partial charge in [0.15, 0.2) is 0 Å². The zero-order valence-electron chi connectivity index (χ0n) is 39.4. The molecule has 0 radical (unpaired) electrons. The molecule has 6 heteroatoms. The highest BCUT2D eigenvalue weighted by molar-refractivity contribution is 5.80. The molecule has 6 nitrogen and oxygen atoms in total. The second kappa shape index (κ2) is 48.0. The van der Waals surface area contributed by atoms with Gasteiger partial charge in [-0.05, 0) is 96.3 Å². The van der Waals surface area contributed by atoms with E-state index in [1.54, 1.807) is 0 Å². The number of aliphatic hydroxyl groups excluding tert-OH is 4. The second-order valence-corrected chi connectivity index (χ2v) is 17.5. The summed E-state index contributed by atoms with van der Waals surface area (Å²) in [5.74, 6) is -0.603. The Kier molecular flexibility index (Phi) is 46.5. The molecule has 0 spiro atoms. The van der Waals surface area contributed by atoms with Gasteiger partial charge in [-0.15, -0.1) is 0 Å². The average Bonchev–Trinajstić information content (AvgIpc) is 3.25. The zero-order valence-corrected chi connectivity index (χ0v) is 39.4. The summed E-state index contributed by atoms with van der Waals surface area (Å²) in [6, 6.07) is -1.02. The van der Waals surface area contributed by atoms with E-state index in [0.29, 0.717) is 19.3 Å². The number of hydrogen-bond acceptors (Lipinski definition) is 5. The molecule has 5 N–H and O–H groups in total. The van der Waals surface area contributed by atoms with Gasteiger partial charge in [0.1, 0.15) is 12.2 Å². The predicted octanol–water partition coefficient (Wildman–Crippen LogP) is 14.4. The van der Waals surface area contributed by atoms with Crippen LogP contribution in [0.15, 0.2) is 60.8 Å². The SMILES string of the molecule is CCCCCCC/C=C/CC/C=C/CC/C=C/CCCC(O)C(O)C(CO)NC(=O)C(O)CCCCCCCCCCCC/C=C\C/C=C\CCCCCCCCCCC. The Balaban J connectivity index is 3.75. The molecule has 0 aromatic carbocycles. The Morgan fingerprint density at radius 3 is 1.15 bits per heavy atom. The summed E-state index contributed by atoms with van der Waals surface area (Å²) in [4.78, 5) is 12.6. The number of aliphatic hydroxyl groups is 4. The van der Waals surface area contributed by atoms with Gasteiger partial charge in [0.25, 0.3) is 0 Å². The van der Waals surface area contributed by atoms with E-state index >= 15 is 0 Å². The van der Waals surface area contributed by atoms with E-state index in [1.807, 2.05) is 0 Å². The topological polar surface area (TPSA) is 110 Å². The van der Waals surface area contributed by atoms with Crippen LogP contribution in [0, 0.1) is 0 Å². The minimum Gasteiger partial charge on any atom is -0.394 e. The van der Waals surface area contributed by atoms with Crippen molar-refractivity contribution in [2.24, 2.45) is 0 Å². The lowest BCUT2D eigenvalue weighted by molar-refractivity contribution is -0.132. The highest BCUT2D eigenvalue weighted by Gasteiger charge is 2.28. The molecule has 4 atom stereocenters. The lowest BCUT2D eigenvalue weighted by atomic mass is 10.00. The minimum absolute atomic E-state index is 0.353. The van der Waals surface area contributed by atoms with E-state index in [4.69, 9.17) is 0 Å². The van der Waals surface area contributed by atoms with E-state index in [9.17, 15) is 25.2 Å². The van der Waals surface area contributed by atoms with Gasteiger partial charge in [0, 0.05) is 0 Å². The maximum absolute atomic E-state index is 12.6. The number of carbonyl (C=O) groups excluding carboxylic acids is 1. The third kappa shape index (κ3) is 41.4. The lowest BCUT2D eigenvalue weighted by Crippen LogP contribution is -2.53. The number of carbonyl (C=O) groups is 1. The van der Waals surface area contributed by atoms with Gasteiger partial charge < -0.3 is 25.7 Å². The molecule has 350 valence electrons. The average molecular weight is 842 g/mol. The molecule has 60 heavy (non-hydrogen) atoms. The number of rotatable bonds is 46. The summed E-state index contributed by atoms with van der Waals surface area (Å²) >= 11 is 0. The number of nitrogens with one attached hydrogen (secondary N) is 1. The number of allylic oxidation sites excluding steroid dienone is 10. The summed E-state index contributed by atoms with van der Waals surface area (Å²) in [5, 5.41) is 43.8. The molecule has 0 bridgehead atoms. The molecule has 0 aliphatic heterocycles. The van der Waals surface area contributed by atoms with Crippen LogP contribution in [0.5, 0.6) is 0 Å². The Morgan fingerprint density at radius 1 is 0.417 bits per heavy atom. The van der Waals surface area contributed by atoms with Crippen molar-refractivity contribution in [1.29, 1.82) is 0 Å². The molecule has 0 aliphatic carbocycles. The van der Waals surface area contributed by atoms with Crippen molar-refractivity contribution in [3.8, 4) is 0 Å². The molecule has 0 aromatic heterocycles. The standard InChI is InChI=1S/C54H99NO5/c1-3-5-7-9-11-13-15-17-19-21-23-24-25-26-27-28-29-30-32-34-36-38-40-42-44-46-48-52(58)54(60)55-50(49-56)53(59)51(57)47-45-43-41-39-37-35-33-31-22-20-18-16-14-12-10-8-6-4-2/h16,18,23-24,26-27,31,33,39,41,50-53,56-59H,3-15,17,19-22,25,28-30,32,34-38,40,42-49H2,1-2H3,(H,55,60)/b18-16+,24-23-,27-26-,33-31+,41-39+. The second-order valence-electron chi connectivity index (χ2n) is 17.5. The van der Waals surface area contributed by atoms with E-state index in [0.717, 1.165) is 57.8 Å². The Morgan fingerprint density at radius 2 is 0.750 bits per heavy atom. The summed E-state index contributed by atoms with van der Waals surface area (Å²) < 4.78 is 0. The lowest BCUT2D eigenvalue weighted by Gasteiger charge is -2.27. The fourth-order valence-corrected chi connectivity index (χ4v) is 7.58. The van der Waals surface area contributed by atoms with Crippen LogP contribution in [0.25, 0.3) is 0 Å². The molecule has 4 unspecified atom stereocenters. The Hall–Kier alpha value is -1.99. The molecule has 0 rings (SSSR count). The molecule has 0 aromatic rings. The molecule has 0 aliphatic rings. The van der Waals surface area contributed by atoms with Crippen molar-refractivity contribution in [1.82, 2.24) is 5.32 Å². The Bertz CT molecular complexity index is 1040. The maximum Gasteiger partial charge on any atom is 0.249 e. The first-order chi connectivity index (χ1) is 29.5. The van der Waals surface area contributed by atoms with Gasteiger partial charge >= 0.3 is 0 Å². The Labute approximate surface area is 372 Å². The smallest absolute Gasteiger partial charge is 0.249 e. The number of unbranched alkanes of at least 4 members (excludes halogenated alkanes) is 27. The molecule has 1 amide bonds. The molecular formula is C54H99NO5. The van der Waals surface area contributed by atoms with E-state index < -0.39 is 36.9 Å². The normalized spacial score (nSPS) is 14.4. The van der Waals surface area contributed by atoms with Gasteiger partial charge in [0.2, 0.25) is 5.91 Å². The summed E-state index contributed by atoms with van der Waals surface area (Å²) in [6.07, 6.45) is 61.2. The first kappa shape index (κ1) is 58.0. The largest absolute Gasteiger partial charge is 0.394 e. The predicted molar refractivity (Wildman–Crippen MR) is 260 cm³/mol. The van der Waals surface area contributed by atoms with Gasteiger partial charge in [-0.3, -0.25) is 4.79 Å². The van der Waals surface area contributed by atoms with Crippen LogP contribution in [0.2, 0.25) is 0 Å². The van der Waals surface area contributed by atoms with Crippen LogP contribution in [0.3, 0.4) is 0 Å². The fourth-order valence-electron chi connectivity index (χ4n) is 7.58. The fraction of sp³-hybridized carbons (Fsp3) is 0.796. The van der Waals surface area contributed by atoms with Crippen molar-refractivity contribution in [3.05, 3.63) is 60.8 Å². The summed E-state index contributed by atoms with van der Waals surface area (Å²) in [5.41, 5.74) is 0. The van der Waals surface area contributed by atoms with Crippen LogP contribution in [-0.4, -0.2) is 57.3 Å². The molecule has 0 saturated heterocycles. The maximum atomic E-state index is 12.6. The molecular weight excluding hydrogens is 743 g/mol. The number of hydrogen-bond donors (Lipinski definition) is 5. The van der Waals surface area contributed by atoms with E-state index in [1.165, 1.54) is 154 Å². The zero-order chi connectivity index (χ0) is 43.8. The van der Waals surface area contributed by atoms with Crippen LogP contribution >= 0.6 is 0 Å². The number of amides is 1. The van der Waals surface area contributed by atoms with Gasteiger partial charge in [-0.1, -0.05) is 209 Å². The summed E-state index contributed by atoms with van der Waals surface area (Å²) in [7, 11) is 0. The van der Waals surface area contributed by atoms with Crippen molar-refractivity contribution < 1.29 is 25.2 Å². The highest BCUT2D eigenvalue weighted by Crippen LogP contribution is 2.15. The van der Waals surface area contributed by atoms with Crippen molar-refractivity contribution in [2.75, 3.05) is 6.61 Å². The summed E-state index contributed by atoms with van der Waals surface area (Å²) in [6.45, 7) is 4.03. The van der Waals surface area contributed by atoms with E-state index in [-0.39, 0.29) is 0 Å². The van der Waals surface area contributed by atoms with Crippen molar-refractivity contribution in [2.45, 2.75) is 269 Å². The van der Waals surface area contributed by atoms with Crippen LogP contribution < -0.4 is 5.32 Å². The molecule has 0 heterocycles. The van der Waals surface area contributed by atoms with Gasteiger partial charge in [-0.2, -0.15) is 0 Å². The van der Waals surface area contributed by atoms with Crippen LogP contribution in [-0.2, 0) is 4.79 Å². The first-order valence-electron chi connectivity index (χ1n) is 25.7. The third-order valence-electron chi connectivity index (χ3n) is 11.7. The van der Waals surface area contributed by atoms with Crippen molar-refractivity contribution in [3.63, 3.8) is 0 Å². The quantitative estimate of drug-likeness (QED) is 0.0310. The monoisotopic (exact) mass is 842 g/mol.